The molecule has 2 aromatic heterocycles. The summed E-state index contributed by atoms with van der Waals surface area (Å²) in [5, 5.41) is 0.691. The van der Waals surface area contributed by atoms with Gasteiger partial charge < -0.3 is 0 Å². The number of benzene rings is 2. The van der Waals surface area contributed by atoms with Crippen LogP contribution in [-0.2, 0) is 5.54 Å². The fourth-order valence-corrected chi connectivity index (χ4v) is 4.20. The van der Waals surface area contributed by atoms with E-state index in [0.717, 1.165) is 4.57 Å². The summed E-state index contributed by atoms with van der Waals surface area (Å²) in [6.45, 7) is 10.2. The van der Waals surface area contributed by atoms with Crippen LogP contribution in [0.1, 0.15) is 66.7 Å². The molecule has 0 aliphatic carbocycles. The first-order chi connectivity index (χ1) is 15.7. The van der Waals surface area contributed by atoms with Gasteiger partial charge in [-0.25, -0.2) is 4.57 Å². The molecule has 0 aliphatic heterocycles. The van der Waals surface area contributed by atoms with E-state index in [1.165, 1.54) is 36.0 Å². The fourth-order valence-electron chi connectivity index (χ4n) is 4.20. The van der Waals surface area contributed by atoms with Gasteiger partial charge in [0.05, 0.1) is 27.2 Å². The molecule has 6 nitrogen and oxygen atoms in total. The molecule has 6 heteroatoms. The lowest BCUT2D eigenvalue weighted by molar-refractivity contribution is 0.282. The van der Waals surface area contributed by atoms with Crippen molar-refractivity contribution >= 4 is 21.5 Å². The second-order valence-electron chi connectivity index (χ2n) is 8.73. The van der Waals surface area contributed by atoms with Gasteiger partial charge in [0.2, 0.25) is 0 Å². The maximum absolute atomic E-state index is 13.0. The van der Waals surface area contributed by atoms with Crippen LogP contribution in [0.3, 0.4) is 0 Å². The number of hydrogen-bond acceptors (Lipinski definition) is 4. The number of rotatable bonds is 6. The van der Waals surface area contributed by atoms with Crippen LogP contribution in [0, 0.1) is 0 Å². The van der Waals surface area contributed by atoms with E-state index in [2.05, 4.69) is 13.8 Å². The van der Waals surface area contributed by atoms with Crippen LogP contribution in [-0.4, -0.2) is 9.13 Å². The fraction of sp³-hybridized carbons (Fsp3) is 0.407. The second-order valence-corrected chi connectivity index (χ2v) is 8.73. The zero-order valence-electron chi connectivity index (χ0n) is 20.1. The summed E-state index contributed by atoms with van der Waals surface area (Å²) in [7, 11) is 0. The Morgan fingerprint density at radius 2 is 1.09 bits per heavy atom. The van der Waals surface area contributed by atoms with Crippen LogP contribution in [0.2, 0.25) is 0 Å². The number of para-hydroxylation sites is 1. The summed E-state index contributed by atoms with van der Waals surface area (Å²) < 4.78 is 2.35. The number of fused-ring (bicyclic) bond motifs is 2. The van der Waals surface area contributed by atoms with Crippen molar-refractivity contribution in [2.45, 2.75) is 72.3 Å². The van der Waals surface area contributed by atoms with Crippen molar-refractivity contribution in [2.75, 3.05) is 0 Å². The Kier molecular flexibility index (Phi) is 7.15. The molecule has 0 bridgehead atoms. The Hall–Kier alpha value is -3.28. The zero-order valence-corrected chi connectivity index (χ0v) is 20.1. The quantitative estimate of drug-likeness (QED) is 0.431. The summed E-state index contributed by atoms with van der Waals surface area (Å²) in [4.78, 5) is 51.8. The van der Waals surface area contributed by atoms with Gasteiger partial charge in [-0.05, 0) is 44.0 Å². The van der Waals surface area contributed by atoms with Gasteiger partial charge in [-0.1, -0.05) is 65.2 Å². The molecule has 0 saturated heterocycles. The van der Waals surface area contributed by atoms with Gasteiger partial charge >= 0.3 is 0 Å². The summed E-state index contributed by atoms with van der Waals surface area (Å²) >= 11 is 0. The third-order valence-electron chi connectivity index (χ3n) is 6.68. The maximum Gasteiger partial charge on any atom is 0.266 e. The molecule has 0 spiro atoms. The van der Waals surface area contributed by atoms with Crippen LogP contribution in [0.25, 0.3) is 27.2 Å². The lowest BCUT2D eigenvalue weighted by atomic mass is 9.95. The third-order valence-corrected chi connectivity index (χ3v) is 6.68. The van der Waals surface area contributed by atoms with Crippen LogP contribution < -0.4 is 22.2 Å². The Labute approximate surface area is 192 Å². The van der Waals surface area contributed by atoms with Gasteiger partial charge in [0, 0.05) is 5.54 Å². The largest absolute Gasteiger partial charge is 0.269 e. The van der Waals surface area contributed by atoms with Gasteiger partial charge in [-0.2, -0.15) is 0 Å². The minimum Gasteiger partial charge on any atom is -0.269 e. The summed E-state index contributed by atoms with van der Waals surface area (Å²) in [6, 6.07) is 11.4. The van der Waals surface area contributed by atoms with Crippen LogP contribution >= 0.6 is 0 Å². The van der Waals surface area contributed by atoms with Crippen molar-refractivity contribution in [3.05, 3.63) is 83.9 Å². The highest BCUT2D eigenvalue weighted by molar-refractivity contribution is 5.98. The van der Waals surface area contributed by atoms with Gasteiger partial charge in [-0.3, -0.25) is 23.7 Å². The molecular weight excluding hydrogens is 416 g/mol. The number of hydrogen-bond donors (Lipinski definition) is 0. The summed E-state index contributed by atoms with van der Waals surface area (Å²) in [5.74, 6) is 0. The molecule has 4 aromatic rings. The molecule has 0 atom stereocenters. The van der Waals surface area contributed by atoms with E-state index in [1.54, 1.807) is 30.3 Å². The lowest BCUT2D eigenvalue weighted by Crippen LogP contribution is -2.42. The van der Waals surface area contributed by atoms with Gasteiger partial charge in [0.15, 0.2) is 0 Å². The highest BCUT2D eigenvalue weighted by atomic mass is 16.2. The average molecular weight is 449 g/mol. The molecule has 2 aromatic carbocycles. The van der Waals surface area contributed by atoms with E-state index in [-0.39, 0.29) is 21.5 Å². The van der Waals surface area contributed by atoms with Crippen molar-refractivity contribution in [1.29, 1.82) is 0 Å². The van der Waals surface area contributed by atoms with Crippen molar-refractivity contribution in [3.8, 4) is 5.69 Å². The lowest BCUT2D eigenvalue weighted by Gasteiger charge is -2.27. The van der Waals surface area contributed by atoms with E-state index in [4.69, 9.17) is 0 Å². The average Bonchev–Trinajstić information content (AvgIpc) is 3.23. The molecule has 0 N–H and O–H groups in total. The van der Waals surface area contributed by atoms with Crippen molar-refractivity contribution in [2.24, 2.45) is 0 Å². The van der Waals surface area contributed by atoms with Crippen molar-refractivity contribution < 1.29 is 0 Å². The highest BCUT2D eigenvalue weighted by Crippen LogP contribution is 2.24. The minimum atomic E-state index is -0.609. The minimum absolute atomic E-state index is 0.158. The van der Waals surface area contributed by atoms with Crippen molar-refractivity contribution in [3.63, 3.8) is 0 Å². The van der Waals surface area contributed by atoms with Crippen LogP contribution in [0.15, 0.2) is 61.6 Å². The Bertz CT molecular complexity index is 1380. The van der Waals surface area contributed by atoms with E-state index in [9.17, 15) is 19.2 Å². The highest BCUT2D eigenvalue weighted by Gasteiger charge is 2.29. The molecule has 2 heterocycles. The first kappa shape index (κ1) is 24.4. The maximum atomic E-state index is 13.0. The van der Waals surface area contributed by atoms with E-state index in [1.807, 2.05) is 20.8 Å². The molecule has 0 amide bonds. The molecule has 0 fully saturated rings. The number of aromatic nitrogens is 2. The normalized spacial score (nSPS) is 11.7. The van der Waals surface area contributed by atoms with E-state index in [0.29, 0.717) is 18.5 Å². The Morgan fingerprint density at radius 1 is 0.667 bits per heavy atom. The van der Waals surface area contributed by atoms with Gasteiger partial charge in [-0.15, -0.1) is 0 Å². The monoisotopic (exact) mass is 448 g/mol. The molecule has 0 aliphatic rings. The predicted molar refractivity (Wildman–Crippen MR) is 136 cm³/mol. The first-order valence-electron chi connectivity index (χ1n) is 11.8. The smallest absolute Gasteiger partial charge is 0.266 e. The van der Waals surface area contributed by atoms with E-state index >= 15 is 0 Å². The third kappa shape index (κ3) is 4.10. The zero-order chi connectivity index (χ0) is 24.3. The van der Waals surface area contributed by atoms with Crippen LogP contribution in [0.5, 0.6) is 0 Å². The van der Waals surface area contributed by atoms with Gasteiger partial charge in [0.25, 0.3) is 22.2 Å². The SMILES string of the molecule is CCC(C)(CC)n1c(=O)c2cc3c(=O)n(-c4ccccc4)c(=O)c3cc2c1=O.CCCCC. The number of unbranched alkanes of at least 4 members (excludes halogenated alkanes) is 2. The molecule has 0 radical (unpaired) electrons. The Balaban J connectivity index is 0.000000555. The van der Waals surface area contributed by atoms with Crippen LogP contribution in [0.4, 0.5) is 0 Å². The molecular formula is C27H32N2O4. The van der Waals surface area contributed by atoms with Crippen molar-refractivity contribution in [1.82, 2.24) is 9.13 Å². The van der Waals surface area contributed by atoms with E-state index < -0.39 is 27.8 Å². The molecule has 33 heavy (non-hydrogen) atoms. The van der Waals surface area contributed by atoms with Gasteiger partial charge in [0.1, 0.15) is 0 Å². The topological polar surface area (TPSA) is 78.1 Å². The molecule has 0 unspecified atom stereocenters. The second kappa shape index (κ2) is 9.69. The number of nitrogens with zero attached hydrogens (tertiary/aromatic N) is 2. The molecule has 0 saturated carbocycles. The first-order valence-corrected chi connectivity index (χ1v) is 11.8. The molecule has 174 valence electrons. The standard InChI is InChI=1S/C22H20N2O4.C5H12/c1-4-22(3,5-2)24-20(27)16-11-14-15(12-17(16)21(24)28)19(26)23(18(14)25)13-9-7-6-8-10-13;1-3-5-4-2/h6-12H,4-5H2,1-3H3;3-5H2,1-2H3. The predicted octanol–water partition coefficient (Wildman–Crippen LogP) is 4.63. The Morgan fingerprint density at radius 3 is 1.45 bits per heavy atom. The summed E-state index contributed by atoms with van der Waals surface area (Å²) in [6.07, 6.45) is 5.32. The summed E-state index contributed by atoms with van der Waals surface area (Å²) in [5.41, 5.74) is -1.94. The molecule has 4 rings (SSSR count).